The molecule has 4 heteroatoms. The van der Waals surface area contributed by atoms with E-state index in [-0.39, 0.29) is 13.2 Å². The normalized spacial score (nSPS) is 17.5. The first-order valence-electron chi connectivity index (χ1n) is 11.1. The molecule has 1 heterocycles. The van der Waals surface area contributed by atoms with Gasteiger partial charge in [-0.15, -0.1) is 0 Å². The van der Waals surface area contributed by atoms with Gasteiger partial charge in [0.05, 0.1) is 6.61 Å². The summed E-state index contributed by atoms with van der Waals surface area (Å²) in [5, 5.41) is 18.4. The van der Waals surface area contributed by atoms with Crippen LogP contribution in [0.4, 0.5) is 0 Å². The fraction of sp³-hybridized carbons (Fsp3) is 0.462. The van der Waals surface area contributed by atoms with Crippen LogP contribution in [0.5, 0.6) is 0 Å². The summed E-state index contributed by atoms with van der Waals surface area (Å²) in [5.41, 5.74) is 3.69. The van der Waals surface area contributed by atoms with Crippen molar-refractivity contribution in [3.8, 4) is 11.8 Å². The summed E-state index contributed by atoms with van der Waals surface area (Å²) in [6.07, 6.45) is 3.62. The minimum Gasteiger partial charge on any atom is -0.396 e. The van der Waals surface area contributed by atoms with Crippen molar-refractivity contribution in [3.05, 3.63) is 71.3 Å². The molecule has 0 saturated carbocycles. The molecule has 30 heavy (non-hydrogen) atoms. The molecule has 0 radical (unpaired) electrons. The third kappa shape index (κ3) is 7.27. The van der Waals surface area contributed by atoms with Crippen LogP contribution in [-0.4, -0.2) is 65.4 Å². The van der Waals surface area contributed by atoms with Crippen LogP contribution in [0.2, 0.25) is 0 Å². The molecule has 1 saturated heterocycles. The first-order valence-corrected chi connectivity index (χ1v) is 11.1. The first kappa shape index (κ1) is 22.5. The summed E-state index contributed by atoms with van der Waals surface area (Å²) in [7, 11) is 0. The molecule has 160 valence electrons. The van der Waals surface area contributed by atoms with E-state index in [9.17, 15) is 5.11 Å². The van der Waals surface area contributed by atoms with E-state index in [1.54, 1.807) is 0 Å². The van der Waals surface area contributed by atoms with Gasteiger partial charge in [-0.3, -0.25) is 9.80 Å². The molecule has 1 aliphatic rings. The lowest BCUT2D eigenvalue weighted by atomic mass is 10.0. The van der Waals surface area contributed by atoms with Crippen LogP contribution in [0.1, 0.15) is 36.0 Å². The number of aliphatic hydroxyl groups excluding tert-OH is 2. The Morgan fingerprint density at radius 2 is 1.70 bits per heavy atom. The van der Waals surface area contributed by atoms with Gasteiger partial charge in [0.15, 0.2) is 0 Å². The van der Waals surface area contributed by atoms with E-state index in [0.717, 1.165) is 57.5 Å². The van der Waals surface area contributed by atoms with Crippen LogP contribution >= 0.6 is 0 Å². The zero-order valence-corrected chi connectivity index (χ0v) is 17.8. The number of aliphatic hydroxyl groups is 2. The molecule has 1 atom stereocenters. The van der Waals surface area contributed by atoms with Gasteiger partial charge in [0.25, 0.3) is 0 Å². The van der Waals surface area contributed by atoms with Gasteiger partial charge in [-0.25, -0.2) is 0 Å². The SMILES string of the molecule is OCCC#Cc1ccc(CN2CCN(CCCc3ccccc3)[C@@H](CCO)C2)cc1. The number of hydrogen-bond acceptors (Lipinski definition) is 4. The van der Waals surface area contributed by atoms with Gasteiger partial charge < -0.3 is 10.2 Å². The van der Waals surface area contributed by atoms with Gasteiger partial charge in [0.1, 0.15) is 0 Å². The van der Waals surface area contributed by atoms with Crippen molar-refractivity contribution < 1.29 is 10.2 Å². The fourth-order valence-electron chi connectivity index (χ4n) is 4.12. The second-order valence-corrected chi connectivity index (χ2v) is 8.00. The Balaban J connectivity index is 1.48. The maximum atomic E-state index is 9.56. The fourth-order valence-corrected chi connectivity index (χ4v) is 4.12. The Bertz CT molecular complexity index is 795. The largest absolute Gasteiger partial charge is 0.396 e. The van der Waals surface area contributed by atoms with E-state index in [4.69, 9.17) is 5.11 Å². The average molecular weight is 407 g/mol. The predicted molar refractivity (Wildman–Crippen MR) is 122 cm³/mol. The van der Waals surface area contributed by atoms with Gasteiger partial charge in [0.2, 0.25) is 0 Å². The van der Waals surface area contributed by atoms with Gasteiger partial charge in [-0.05, 0) is 49.1 Å². The van der Waals surface area contributed by atoms with E-state index >= 15 is 0 Å². The van der Waals surface area contributed by atoms with Crippen molar-refractivity contribution in [2.45, 2.75) is 38.3 Å². The monoisotopic (exact) mass is 406 g/mol. The van der Waals surface area contributed by atoms with Crippen LogP contribution in [0.3, 0.4) is 0 Å². The number of nitrogens with zero attached hydrogens (tertiary/aromatic N) is 2. The molecule has 0 bridgehead atoms. The Morgan fingerprint density at radius 1 is 0.900 bits per heavy atom. The number of hydrogen-bond donors (Lipinski definition) is 2. The highest BCUT2D eigenvalue weighted by Crippen LogP contribution is 2.17. The standard InChI is InChI=1S/C26H34N2O2/c29-19-5-4-9-24-11-13-25(14-12-24)21-27-17-18-28(26(22-27)15-20-30)16-6-10-23-7-2-1-3-8-23/h1-3,7-8,11-14,26,29-30H,5-6,10,15-22H2/t26-/m0/s1. The van der Waals surface area contributed by atoms with E-state index in [1.165, 1.54) is 11.1 Å². The summed E-state index contributed by atoms with van der Waals surface area (Å²) >= 11 is 0. The summed E-state index contributed by atoms with van der Waals surface area (Å²) in [4.78, 5) is 5.07. The maximum Gasteiger partial charge on any atom is 0.0540 e. The average Bonchev–Trinajstić information content (AvgIpc) is 2.77. The zero-order chi connectivity index (χ0) is 21.0. The topological polar surface area (TPSA) is 46.9 Å². The molecular formula is C26H34N2O2. The molecule has 0 spiro atoms. The van der Waals surface area contributed by atoms with Crippen LogP contribution in [0, 0.1) is 11.8 Å². The van der Waals surface area contributed by atoms with Crippen LogP contribution in [0.25, 0.3) is 0 Å². The lowest BCUT2D eigenvalue weighted by molar-refractivity contribution is 0.0547. The van der Waals surface area contributed by atoms with Crippen molar-refractivity contribution in [2.24, 2.45) is 0 Å². The molecule has 4 nitrogen and oxygen atoms in total. The highest BCUT2D eigenvalue weighted by molar-refractivity contribution is 5.36. The Labute approximate surface area is 181 Å². The molecule has 0 aromatic heterocycles. The lowest BCUT2D eigenvalue weighted by Crippen LogP contribution is -2.53. The van der Waals surface area contributed by atoms with Crippen LogP contribution in [0.15, 0.2) is 54.6 Å². The van der Waals surface area contributed by atoms with Gasteiger partial charge >= 0.3 is 0 Å². The second-order valence-electron chi connectivity index (χ2n) is 8.00. The molecule has 0 amide bonds. The molecule has 1 fully saturated rings. The Hall–Kier alpha value is -2.16. The number of rotatable bonds is 9. The summed E-state index contributed by atoms with van der Waals surface area (Å²) in [5.74, 6) is 6.04. The third-order valence-electron chi connectivity index (χ3n) is 5.73. The molecule has 0 aliphatic carbocycles. The Kier molecular flexibility index (Phi) is 9.40. The van der Waals surface area contributed by atoms with E-state index in [2.05, 4.69) is 76.2 Å². The Morgan fingerprint density at radius 3 is 2.43 bits per heavy atom. The molecule has 2 aromatic carbocycles. The highest BCUT2D eigenvalue weighted by atomic mass is 16.3. The van der Waals surface area contributed by atoms with Gasteiger partial charge in [0, 0.05) is 50.8 Å². The highest BCUT2D eigenvalue weighted by Gasteiger charge is 2.26. The smallest absolute Gasteiger partial charge is 0.0540 e. The van der Waals surface area contributed by atoms with Crippen LogP contribution in [-0.2, 0) is 13.0 Å². The maximum absolute atomic E-state index is 9.56. The first-order chi connectivity index (χ1) is 14.8. The van der Waals surface area contributed by atoms with E-state index in [0.29, 0.717) is 12.5 Å². The zero-order valence-electron chi connectivity index (χ0n) is 17.8. The molecule has 0 unspecified atom stereocenters. The molecule has 2 N–H and O–H groups in total. The van der Waals surface area contributed by atoms with Crippen molar-refractivity contribution in [1.82, 2.24) is 9.80 Å². The van der Waals surface area contributed by atoms with Crippen LogP contribution < -0.4 is 0 Å². The van der Waals surface area contributed by atoms with E-state index in [1.807, 2.05) is 0 Å². The minimum absolute atomic E-state index is 0.109. The number of aryl methyl sites for hydroxylation is 1. The van der Waals surface area contributed by atoms with E-state index < -0.39 is 0 Å². The molecular weight excluding hydrogens is 372 g/mol. The summed E-state index contributed by atoms with van der Waals surface area (Å²) in [6.45, 7) is 5.51. The molecule has 2 aromatic rings. The van der Waals surface area contributed by atoms with Crippen molar-refractivity contribution >= 4 is 0 Å². The predicted octanol–water partition coefficient (Wildman–Crippen LogP) is 2.92. The van der Waals surface area contributed by atoms with Gasteiger partial charge in [-0.2, -0.15) is 0 Å². The quantitative estimate of drug-likeness (QED) is 0.629. The minimum atomic E-state index is 0.109. The van der Waals surface area contributed by atoms with Crippen molar-refractivity contribution in [3.63, 3.8) is 0 Å². The second kappa shape index (κ2) is 12.5. The van der Waals surface area contributed by atoms with Crippen molar-refractivity contribution in [1.29, 1.82) is 0 Å². The molecule has 3 rings (SSSR count). The lowest BCUT2D eigenvalue weighted by Gasteiger charge is -2.41. The number of piperazine rings is 1. The third-order valence-corrected chi connectivity index (χ3v) is 5.73. The summed E-state index contributed by atoms with van der Waals surface area (Å²) < 4.78 is 0. The summed E-state index contributed by atoms with van der Waals surface area (Å²) in [6, 6.07) is 19.5. The molecule has 1 aliphatic heterocycles. The van der Waals surface area contributed by atoms with Gasteiger partial charge in [-0.1, -0.05) is 54.3 Å². The van der Waals surface area contributed by atoms with Crippen molar-refractivity contribution in [2.75, 3.05) is 39.4 Å². The number of benzene rings is 2.